The number of aromatic hydroxyl groups is 1. The van der Waals surface area contributed by atoms with Gasteiger partial charge in [0.2, 0.25) is 23.6 Å². The average molecular weight is 549 g/mol. The summed E-state index contributed by atoms with van der Waals surface area (Å²) in [5.41, 5.74) is 22.3. The Hall–Kier alpha value is -4.40. The maximum atomic E-state index is 13.4. The summed E-state index contributed by atoms with van der Waals surface area (Å²) < 4.78 is 0. The number of hydrogen-bond donors (Lipinski definition) is 8. The van der Waals surface area contributed by atoms with Crippen LogP contribution in [0.1, 0.15) is 37.7 Å². The SMILES string of the molecule is NC(=O)CC(NC(=O)C(N)CCCN=C(N)N)C(=O)NC(Cc1ccc(O)cc1)C(=O)N1CCCC1C(=O)O. The molecule has 1 heterocycles. The number of aliphatic carboxylic acids is 1. The molecule has 4 atom stereocenters. The second-order valence-corrected chi connectivity index (χ2v) is 9.25. The van der Waals surface area contributed by atoms with Crippen LogP contribution in [-0.4, -0.2) is 87.9 Å². The highest BCUT2D eigenvalue weighted by molar-refractivity contribution is 5.96. The third-order valence-corrected chi connectivity index (χ3v) is 6.15. The number of rotatable bonds is 14. The van der Waals surface area contributed by atoms with Crippen LogP contribution in [0, 0.1) is 0 Å². The molecule has 2 rings (SSSR count). The van der Waals surface area contributed by atoms with Gasteiger partial charge in [0.1, 0.15) is 23.9 Å². The van der Waals surface area contributed by atoms with Crippen molar-refractivity contribution in [3.63, 3.8) is 0 Å². The molecule has 1 aromatic carbocycles. The Labute approximate surface area is 225 Å². The number of primary amides is 1. The van der Waals surface area contributed by atoms with Gasteiger partial charge in [-0.25, -0.2) is 4.79 Å². The summed E-state index contributed by atoms with van der Waals surface area (Å²) in [7, 11) is 0. The zero-order chi connectivity index (χ0) is 29.1. The minimum atomic E-state index is -1.44. The van der Waals surface area contributed by atoms with Gasteiger partial charge in [0.25, 0.3) is 0 Å². The van der Waals surface area contributed by atoms with Gasteiger partial charge in [-0.05, 0) is 43.4 Å². The Balaban J connectivity index is 2.19. The van der Waals surface area contributed by atoms with Gasteiger partial charge in [0, 0.05) is 19.5 Å². The van der Waals surface area contributed by atoms with E-state index < -0.39 is 60.2 Å². The van der Waals surface area contributed by atoms with Crippen LogP contribution in [0.15, 0.2) is 29.3 Å². The van der Waals surface area contributed by atoms with E-state index in [1.165, 1.54) is 17.0 Å². The Morgan fingerprint density at radius 1 is 1.03 bits per heavy atom. The van der Waals surface area contributed by atoms with Crippen molar-refractivity contribution in [2.75, 3.05) is 13.1 Å². The summed E-state index contributed by atoms with van der Waals surface area (Å²) in [5, 5.41) is 24.0. The van der Waals surface area contributed by atoms with Gasteiger partial charge in [-0.3, -0.25) is 24.2 Å². The lowest BCUT2D eigenvalue weighted by atomic mass is 10.0. The molecule has 4 unspecified atom stereocenters. The number of nitrogens with two attached hydrogens (primary N) is 4. The van der Waals surface area contributed by atoms with E-state index >= 15 is 0 Å². The lowest BCUT2D eigenvalue weighted by Gasteiger charge is -2.29. The molecule has 0 saturated carbocycles. The van der Waals surface area contributed by atoms with E-state index in [0.29, 0.717) is 18.4 Å². The Morgan fingerprint density at radius 3 is 2.26 bits per heavy atom. The molecule has 4 amide bonds. The molecule has 12 N–H and O–H groups in total. The molecule has 0 spiro atoms. The number of phenols is 1. The summed E-state index contributed by atoms with van der Waals surface area (Å²) in [4.78, 5) is 67.5. The number of guanidine groups is 1. The molecule has 1 aliphatic rings. The molecule has 1 fully saturated rings. The number of carbonyl (C=O) groups excluding carboxylic acids is 4. The summed E-state index contributed by atoms with van der Waals surface area (Å²) in [6.07, 6.45) is 0.686. The van der Waals surface area contributed by atoms with E-state index in [0.717, 1.165) is 0 Å². The second kappa shape index (κ2) is 14.5. The highest BCUT2D eigenvalue weighted by atomic mass is 16.4. The molecule has 15 nitrogen and oxygen atoms in total. The summed E-state index contributed by atoms with van der Waals surface area (Å²) in [6.45, 7) is 0.428. The van der Waals surface area contributed by atoms with E-state index in [1.54, 1.807) is 12.1 Å². The minimum absolute atomic E-state index is 0.00461. The smallest absolute Gasteiger partial charge is 0.326 e. The van der Waals surface area contributed by atoms with Crippen molar-refractivity contribution in [3.8, 4) is 5.75 Å². The molecule has 0 radical (unpaired) electrons. The molecule has 1 aliphatic heterocycles. The normalized spacial score (nSPS) is 16.9. The van der Waals surface area contributed by atoms with Crippen LogP contribution >= 0.6 is 0 Å². The zero-order valence-corrected chi connectivity index (χ0v) is 21.4. The monoisotopic (exact) mass is 548 g/mol. The van der Waals surface area contributed by atoms with Crippen molar-refractivity contribution >= 4 is 35.6 Å². The summed E-state index contributed by atoms with van der Waals surface area (Å²) in [6, 6.07) is 1.13. The number of carboxylic acid groups (broad SMARTS) is 1. The van der Waals surface area contributed by atoms with Crippen molar-refractivity contribution in [2.45, 2.75) is 62.7 Å². The van der Waals surface area contributed by atoms with Gasteiger partial charge < -0.3 is 48.7 Å². The van der Waals surface area contributed by atoms with Gasteiger partial charge in [-0.1, -0.05) is 12.1 Å². The second-order valence-electron chi connectivity index (χ2n) is 9.25. The highest BCUT2D eigenvalue weighted by Gasteiger charge is 2.38. The lowest BCUT2D eigenvalue weighted by molar-refractivity contribution is -0.149. The first-order chi connectivity index (χ1) is 18.4. The fraction of sp³-hybridized carbons (Fsp3) is 0.500. The number of nitrogens with zero attached hydrogens (tertiary/aromatic N) is 2. The maximum absolute atomic E-state index is 13.4. The van der Waals surface area contributed by atoms with Gasteiger partial charge in [-0.15, -0.1) is 0 Å². The zero-order valence-electron chi connectivity index (χ0n) is 21.4. The Kier molecular flexibility index (Phi) is 11.5. The summed E-state index contributed by atoms with van der Waals surface area (Å²) in [5.74, 6) is -4.40. The number of carbonyl (C=O) groups is 5. The number of likely N-dealkylation sites (tertiary alicyclic amines) is 1. The van der Waals surface area contributed by atoms with Gasteiger partial charge in [-0.2, -0.15) is 0 Å². The van der Waals surface area contributed by atoms with Crippen LogP contribution in [0.3, 0.4) is 0 Å². The predicted molar refractivity (Wildman–Crippen MR) is 140 cm³/mol. The van der Waals surface area contributed by atoms with E-state index in [4.69, 9.17) is 22.9 Å². The molecule has 39 heavy (non-hydrogen) atoms. The van der Waals surface area contributed by atoms with Crippen molar-refractivity contribution in [2.24, 2.45) is 27.9 Å². The number of carboxylic acids is 1. The van der Waals surface area contributed by atoms with Gasteiger partial charge in [0.15, 0.2) is 5.96 Å². The third kappa shape index (κ3) is 9.77. The van der Waals surface area contributed by atoms with Crippen LogP contribution in [0.25, 0.3) is 0 Å². The van der Waals surface area contributed by atoms with E-state index in [1.807, 2.05) is 0 Å². The molecule has 214 valence electrons. The number of phenolic OH excluding ortho intramolecular Hbond substituents is 1. The average Bonchev–Trinajstić information content (AvgIpc) is 3.36. The summed E-state index contributed by atoms with van der Waals surface area (Å²) >= 11 is 0. The van der Waals surface area contributed by atoms with Crippen LogP contribution in [0.5, 0.6) is 5.75 Å². The van der Waals surface area contributed by atoms with Crippen LogP contribution in [0.2, 0.25) is 0 Å². The maximum Gasteiger partial charge on any atom is 0.326 e. The molecular formula is C24H36N8O7. The lowest BCUT2D eigenvalue weighted by Crippen LogP contribution is -2.58. The van der Waals surface area contributed by atoms with E-state index in [9.17, 15) is 34.2 Å². The predicted octanol–water partition coefficient (Wildman–Crippen LogP) is -2.76. The fourth-order valence-corrected chi connectivity index (χ4v) is 4.17. The molecule has 0 bridgehead atoms. The topological polar surface area (TPSA) is 270 Å². The Bertz CT molecular complexity index is 1070. The van der Waals surface area contributed by atoms with Crippen molar-refractivity contribution < 1.29 is 34.2 Å². The minimum Gasteiger partial charge on any atom is -0.508 e. The number of nitrogens with one attached hydrogen (secondary N) is 2. The van der Waals surface area contributed by atoms with Crippen LogP contribution < -0.4 is 33.6 Å². The first kappa shape index (κ1) is 30.8. The largest absolute Gasteiger partial charge is 0.508 e. The Morgan fingerprint density at radius 2 is 1.67 bits per heavy atom. The molecule has 0 aliphatic carbocycles. The molecule has 1 saturated heterocycles. The standard InChI is InChI=1S/C24H36N8O7/c25-15(3-1-9-29-24(27)28)20(35)30-16(12-19(26)34)21(36)31-17(11-13-5-7-14(33)8-6-13)22(37)32-10-2-4-18(32)23(38)39/h5-8,15-18,33H,1-4,9-12,25H2,(H2,26,34)(H,30,35)(H,31,36)(H,38,39)(H4,27,28,29). The first-order valence-electron chi connectivity index (χ1n) is 12.4. The van der Waals surface area contributed by atoms with Crippen LogP contribution in [0.4, 0.5) is 0 Å². The molecular weight excluding hydrogens is 512 g/mol. The van der Waals surface area contributed by atoms with Crippen LogP contribution in [-0.2, 0) is 30.4 Å². The van der Waals surface area contributed by atoms with Gasteiger partial charge >= 0.3 is 5.97 Å². The molecule has 1 aromatic rings. The quantitative estimate of drug-likeness (QED) is 0.0673. The van der Waals surface area contributed by atoms with E-state index in [-0.39, 0.29) is 44.1 Å². The molecule has 15 heteroatoms. The van der Waals surface area contributed by atoms with Crippen molar-refractivity contribution in [1.29, 1.82) is 0 Å². The number of aliphatic imine (C=N–C) groups is 1. The number of hydrogen-bond acceptors (Lipinski definition) is 8. The van der Waals surface area contributed by atoms with Crippen molar-refractivity contribution in [1.82, 2.24) is 15.5 Å². The third-order valence-electron chi connectivity index (χ3n) is 6.15. The fourth-order valence-electron chi connectivity index (χ4n) is 4.17. The number of amides is 4. The number of benzene rings is 1. The van der Waals surface area contributed by atoms with Gasteiger partial charge in [0.05, 0.1) is 12.5 Å². The van der Waals surface area contributed by atoms with E-state index in [2.05, 4.69) is 15.6 Å². The highest BCUT2D eigenvalue weighted by Crippen LogP contribution is 2.20. The van der Waals surface area contributed by atoms with Crippen molar-refractivity contribution in [3.05, 3.63) is 29.8 Å². The first-order valence-corrected chi connectivity index (χ1v) is 12.4. The molecule has 0 aromatic heterocycles.